The third-order valence-corrected chi connectivity index (χ3v) is 3.68. The minimum atomic E-state index is -0.00161. The number of rotatable bonds is 4. The van der Waals surface area contributed by atoms with Gasteiger partial charge in [0.15, 0.2) is 5.82 Å². The van der Waals surface area contributed by atoms with Crippen LogP contribution in [0.3, 0.4) is 0 Å². The molecule has 1 aliphatic rings. The highest BCUT2D eigenvalue weighted by Crippen LogP contribution is 2.20. The molecule has 2 rings (SSSR count). The number of hydrogen-bond donors (Lipinski definition) is 1. The van der Waals surface area contributed by atoms with Crippen molar-refractivity contribution < 1.29 is 4.74 Å². The Hall–Kier alpha value is -1.04. The predicted octanol–water partition coefficient (Wildman–Crippen LogP) is 1.59. The lowest BCUT2D eigenvalue weighted by Crippen LogP contribution is -2.36. The van der Waals surface area contributed by atoms with E-state index in [2.05, 4.69) is 54.9 Å². The van der Waals surface area contributed by atoms with E-state index in [-0.39, 0.29) is 6.10 Å². The lowest BCUT2D eigenvalue weighted by molar-refractivity contribution is -0.0256. The van der Waals surface area contributed by atoms with Crippen LogP contribution >= 0.6 is 0 Å². The zero-order chi connectivity index (χ0) is 14.7. The van der Waals surface area contributed by atoms with Gasteiger partial charge in [0.05, 0.1) is 6.61 Å². The molecule has 1 saturated heterocycles. The maximum Gasteiger partial charge on any atom is 0.158 e. The van der Waals surface area contributed by atoms with E-state index >= 15 is 0 Å². The molecule has 5 heteroatoms. The highest BCUT2D eigenvalue weighted by Gasteiger charge is 2.23. The van der Waals surface area contributed by atoms with Gasteiger partial charge in [0.2, 0.25) is 0 Å². The van der Waals surface area contributed by atoms with E-state index in [0.29, 0.717) is 6.04 Å². The van der Waals surface area contributed by atoms with Gasteiger partial charge >= 0.3 is 0 Å². The lowest BCUT2D eigenvalue weighted by Gasteiger charge is -2.29. The molecular formula is C15H26N4O. The second-order valence-electron chi connectivity index (χ2n) is 5.89. The largest absolute Gasteiger partial charge is 0.368 e. The minimum Gasteiger partial charge on any atom is -0.368 e. The Balaban J connectivity index is 2.16. The summed E-state index contributed by atoms with van der Waals surface area (Å²) in [5.41, 5.74) is 3.31. The Bertz CT molecular complexity index is 438. The minimum absolute atomic E-state index is 0.00161. The van der Waals surface area contributed by atoms with Gasteiger partial charge in [-0.15, -0.1) is 0 Å². The average molecular weight is 278 g/mol. The number of nitrogens with zero attached hydrogens (tertiary/aromatic N) is 3. The second-order valence-corrected chi connectivity index (χ2v) is 5.89. The maximum absolute atomic E-state index is 5.80. The van der Waals surface area contributed by atoms with E-state index in [1.165, 1.54) is 5.56 Å². The van der Waals surface area contributed by atoms with Crippen molar-refractivity contribution in [1.29, 1.82) is 0 Å². The van der Waals surface area contributed by atoms with Crippen molar-refractivity contribution in [3.8, 4) is 0 Å². The first-order valence-electron chi connectivity index (χ1n) is 7.35. The van der Waals surface area contributed by atoms with Gasteiger partial charge in [-0.2, -0.15) is 0 Å². The molecule has 0 aliphatic carbocycles. The Labute approximate surface area is 121 Å². The van der Waals surface area contributed by atoms with Gasteiger partial charge in [-0.1, -0.05) is 13.8 Å². The fourth-order valence-corrected chi connectivity index (χ4v) is 2.41. The van der Waals surface area contributed by atoms with Crippen molar-refractivity contribution in [2.24, 2.45) is 0 Å². The number of aryl methyl sites for hydroxylation is 2. The molecule has 1 aromatic rings. The molecule has 20 heavy (non-hydrogen) atoms. The van der Waals surface area contributed by atoms with Crippen LogP contribution in [0.4, 0.5) is 0 Å². The smallest absolute Gasteiger partial charge is 0.158 e. The summed E-state index contributed by atoms with van der Waals surface area (Å²) in [4.78, 5) is 11.6. The molecular weight excluding hydrogens is 252 g/mol. The molecule has 0 radical (unpaired) electrons. The number of hydrogen-bond acceptors (Lipinski definition) is 5. The van der Waals surface area contributed by atoms with Crippen molar-refractivity contribution in [2.75, 3.05) is 26.7 Å². The average Bonchev–Trinajstić information content (AvgIpc) is 2.37. The Morgan fingerprint density at radius 1 is 1.30 bits per heavy atom. The van der Waals surface area contributed by atoms with Crippen LogP contribution in [0.5, 0.6) is 0 Å². The van der Waals surface area contributed by atoms with E-state index in [1.54, 1.807) is 0 Å². The molecule has 1 unspecified atom stereocenters. The number of nitrogens with one attached hydrogen (secondary N) is 1. The number of aromatic nitrogens is 2. The first kappa shape index (κ1) is 15.4. The quantitative estimate of drug-likeness (QED) is 0.906. The van der Waals surface area contributed by atoms with Crippen LogP contribution in [0.2, 0.25) is 0 Å². The molecule has 0 bridgehead atoms. The number of likely N-dealkylation sites (N-methyl/N-ethyl adjacent to an activating group) is 1. The molecule has 1 atom stereocenters. The Morgan fingerprint density at radius 3 is 2.50 bits per heavy atom. The third-order valence-electron chi connectivity index (χ3n) is 3.68. The van der Waals surface area contributed by atoms with Crippen LogP contribution in [-0.4, -0.2) is 47.7 Å². The SMILES string of the molecule is Cc1nc(C2CN(C)CCO2)nc(C)c1CNC(C)C. The summed E-state index contributed by atoms with van der Waals surface area (Å²) >= 11 is 0. The van der Waals surface area contributed by atoms with Crippen LogP contribution in [0, 0.1) is 13.8 Å². The highest BCUT2D eigenvalue weighted by molar-refractivity contribution is 5.25. The normalized spacial score (nSPS) is 20.6. The molecule has 1 N–H and O–H groups in total. The Kier molecular flexibility index (Phi) is 5.07. The van der Waals surface area contributed by atoms with E-state index in [9.17, 15) is 0 Å². The fraction of sp³-hybridized carbons (Fsp3) is 0.733. The lowest BCUT2D eigenvalue weighted by atomic mass is 10.1. The molecule has 5 nitrogen and oxygen atoms in total. The van der Waals surface area contributed by atoms with Crippen molar-refractivity contribution in [1.82, 2.24) is 20.2 Å². The molecule has 1 fully saturated rings. The third kappa shape index (κ3) is 3.75. The summed E-state index contributed by atoms with van der Waals surface area (Å²) in [7, 11) is 2.11. The van der Waals surface area contributed by atoms with Crippen molar-refractivity contribution in [2.45, 2.75) is 46.4 Å². The summed E-state index contributed by atoms with van der Waals surface area (Å²) < 4.78 is 5.80. The molecule has 112 valence electrons. The van der Waals surface area contributed by atoms with E-state index in [0.717, 1.165) is 43.5 Å². The number of morpholine rings is 1. The van der Waals surface area contributed by atoms with Gasteiger partial charge < -0.3 is 15.0 Å². The van der Waals surface area contributed by atoms with Gasteiger partial charge in [0, 0.05) is 42.6 Å². The van der Waals surface area contributed by atoms with Gasteiger partial charge in [-0.25, -0.2) is 9.97 Å². The Morgan fingerprint density at radius 2 is 1.95 bits per heavy atom. The fourth-order valence-electron chi connectivity index (χ4n) is 2.41. The summed E-state index contributed by atoms with van der Waals surface area (Å²) in [6, 6.07) is 0.462. The van der Waals surface area contributed by atoms with Crippen LogP contribution in [0.25, 0.3) is 0 Å². The molecule has 0 spiro atoms. The van der Waals surface area contributed by atoms with E-state index < -0.39 is 0 Å². The van der Waals surface area contributed by atoms with E-state index in [1.807, 2.05) is 0 Å². The van der Waals surface area contributed by atoms with Gasteiger partial charge in [-0.3, -0.25) is 0 Å². The van der Waals surface area contributed by atoms with E-state index in [4.69, 9.17) is 4.74 Å². The first-order chi connectivity index (χ1) is 9.47. The molecule has 1 aromatic heterocycles. The first-order valence-corrected chi connectivity index (χ1v) is 7.35. The molecule has 1 aliphatic heterocycles. The standard InChI is InChI=1S/C15H26N4O/c1-10(2)16-8-13-11(3)17-15(18-12(13)4)14-9-19(5)6-7-20-14/h10,14,16H,6-9H2,1-5H3. The topological polar surface area (TPSA) is 50.3 Å². The van der Waals surface area contributed by atoms with Crippen molar-refractivity contribution in [3.05, 3.63) is 22.8 Å². The second kappa shape index (κ2) is 6.61. The highest BCUT2D eigenvalue weighted by atomic mass is 16.5. The van der Waals surface area contributed by atoms with Crippen LogP contribution in [0.15, 0.2) is 0 Å². The zero-order valence-electron chi connectivity index (χ0n) is 13.2. The summed E-state index contributed by atoms with van der Waals surface area (Å²) in [6.07, 6.45) is -0.00161. The molecule has 2 heterocycles. The zero-order valence-corrected chi connectivity index (χ0v) is 13.2. The van der Waals surface area contributed by atoms with Gasteiger partial charge in [-0.05, 0) is 20.9 Å². The van der Waals surface area contributed by atoms with Crippen LogP contribution in [0.1, 0.15) is 42.7 Å². The number of ether oxygens (including phenoxy) is 1. The molecule has 0 saturated carbocycles. The predicted molar refractivity (Wildman–Crippen MR) is 79.7 cm³/mol. The van der Waals surface area contributed by atoms with Crippen LogP contribution in [-0.2, 0) is 11.3 Å². The van der Waals surface area contributed by atoms with Crippen molar-refractivity contribution in [3.63, 3.8) is 0 Å². The summed E-state index contributed by atoms with van der Waals surface area (Å²) in [6.45, 7) is 11.8. The summed E-state index contributed by atoms with van der Waals surface area (Å²) in [5, 5.41) is 3.43. The monoisotopic (exact) mass is 278 g/mol. The molecule has 0 amide bonds. The van der Waals surface area contributed by atoms with Crippen molar-refractivity contribution >= 4 is 0 Å². The summed E-state index contributed by atoms with van der Waals surface area (Å²) in [5.74, 6) is 0.819. The van der Waals surface area contributed by atoms with Gasteiger partial charge in [0.1, 0.15) is 6.10 Å². The maximum atomic E-state index is 5.80. The van der Waals surface area contributed by atoms with Crippen LogP contribution < -0.4 is 5.32 Å². The van der Waals surface area contributed by atoms with Gasteiger partial charge in [0.25, 0.3) is 0 Å². The molecule has 0 aromatic carbocycles.